The van der Waals surface area contributed by atoms with Gasteiger partial charge in [0.05, 0.1) is 0 Å². The summed E-state index contributed by atoms with van der Waals surface area (Å²) < 4.78 is 18.1. The van der Waals surface area contributed by atoms with Crippen LogP contribution in [0.2, 0.25) is 0 Å². The van der Waals surface area contributed by atoms with E-state index in [0.29, 0.717) is 18.4 Å². The van der Waals surface area contributed by atoms with Crippen LogP contribution in [0.25, 0.3) is 0 Å². The highest BCUT2D eigenvalue weighted by molar-refractivity contribution is 6.08. The number of nitrogens with one attached hydrogen (secondary N) is 1. The number of amides is 3. The van der Waals surface area contributed by atoms with Crippen molar-refractivity contribution < 1.29 is 23.5 Å². The SMILES string of the molecule is O=C(CN1C(=O)NC2(CCCC2)C1=O)OCc1cccc(F)c1. The van der Waals surface area contributed by atoms with Crippen LogP contribution in [0.4, 0.5) is 9.18 Å². The Morgan fingerprint density at radius 3 is 2.74 bits per heavy atom. The van der Waals surface area contributed by atoms with Crippen molar-refractivity contribution >= 4 is 17.9 Å². The van der Waals surface area contributed by atoms with Crippen LogP contribution in [0.1, 0.15) is 31.2 Å². The van der Waals surface area contributed by atoms with Gasteiger partial charge < -0.3 is 10.1 Å². The molecule has 0 radical (unpaired) electrons. The number of imide groups is 1. The van der Waals surface area contributed by atoms with Gasteiger partial charge in [-0.05, 0) is 30.5 Å². The normalized spacial score (nSPS) is 19.3. The molecule has 0 unspecified atom stereocenters. The lowest BCUT2D eigenvalue weighted by Gasteiger charge is -2.19. The number of benzene rings is 1. The Kier molecular flexibility index (Phi) is 4.02. The molecule has 1 saturated carbocycles. The molecule has 1 aromatic rings. The first-order valence-electron chi connectivity index (χ1n) is 7.54. The van der Waals surface area contributed by atoms with Gasteiger partial charge in [-0.3, -0.25) is 14.5 Å². The van der Waals surface area contributed by atoms with Crippen molar-refractivity contribution in [3.8, 4) is 0 Å². The fourth-order valence-corrected chi connectivity index (χ4v) is 3.10. The second-order valence-electron chi connectivity index (χ2n) is 5.90. The van der Waals surface area contributed by atoms with E-state index in [9.17, 15) is 18.8 Å². The Morgan fingerprint density at radius 1 is 1.30 bits per heavy atom. The van der Waals surface area contributed by atoms with Gasteiger partial charge in [-0.2, -0.15) is 0 Å². The summed E-state index contributed by atoms with van der Waals surface area (Å²) in [7, 11) is 0. The van der Waals surface area contributed by atoms with E-state index in [1.54, 1.807) is 6.07 Å². The van der Waals surface area contributed by atoms with Gasteiger partial charge in [-0.1, -0.05) is 25.0 Å². The van der Waals surface area contributed by atoms with E-state index in [2.05, 4.69) is 5.32 Å². The predicted molar refractivity (Wildman–Crippen MR) is 77.6 cm³/mol. The topological polar surface area (TPSA) is 75.7 Å². The van der Waals surface area contributed by atoms with Crippen LogP contribution in [0.3, 0.4) is 0 Å². The van der Waals surface area contributed by atoms with Crippen LogP contribution in [0.5, 0.6) is 0 Å². The van der Waals surface area contributed by atoms with Crippen LogP contribution in [-0.4, -0.2) is 34.9 Å². The Morgan fingerprint density at radius 2 is 2.04 bits per heavy atom. The van der Waals surface area contributed by atoms with Crippen LogP contribution in [0.15, 0.2) is 24.3 Å². The van der Waals surface area contributed by atoms with Gasteiger partial charge in [-0.25, -0.2) is 9.18 Å². The van der Waals surface area contributed by atoms with Gasteiger partial charge in [0.2, 0.25) is 0 Å². The molecule has 0 atom stereocenters. The van der Waals surface area contributed by atoms with E-state index < -0.39 is 29.9 Å². The molecule has 7 heteroatoms. The summed E-state index contributed by atoms with van der Waals surface area (Å²) in [4.78, 5) is 37.1. The number of hydrogen-bond acceptors (Lipinski definition) is 4. The van der Waals surface area contributed by atoms with Crippen molar-refractivity contribution in [2.24, 2.45) is 0 Å². The molecule has 1 aliphatic carbocycles. The molecule has 0 bridgehead atoms. The van der Waals surface area contributed by atoms with E-state index >= 15 is 0 Å². The Labute approximate surface area is 132 Å². The molecule has 6 nitrogen and oxygen atoms in total. The molecule has 1 saturated heterocycles. The van der Waals surface area contributed by atoms with Crippen LogP contribution in [0, 0.1) is 5.82 Å². The molecular weight excluding hydrogens is 303 g/mol. The van der Waals surface area contributed by atoms with Crippen LogP contribution >= 0.6 is 0 Å². The summed E-state index contributed by atoms with van der Waals surface area (Å²) >= 11 is 0. The van der Waals surface area contributed by atoms with Crippen LogP contribution in [-0.2, 0) is 20.9 Å². The summed E-state index contributed by atoms with van der Waals surface area (Å²) in [6, 6.07) is 5.13. The number of carbonyl (C=O) groups is 3. The summed E-state index contributed by atoms with van der Waals surface area (Å²) in [5.74, 6) is -1.48. The minimum Gasteiger partial charge on any atom is -0.459 e. The number of carbonyl (C=O) groups excluding carboxylic acids is 3. The lowest BCUT2D eigenvalue weighted by atomic mass is 9.98. The molecule has 1 N–H and O–H groups in total. The molecule has 2 fully saturated rings. The quantitative estimate of drug-likeness (QED) is 0.677. The van der Waals surface area contributed by atoms with Gasteiger partial charge in [0.1, 0.15) is 24.5 Å². The Hall–Kier alpha value is -2.44. The van der Waals surface area contributed by atoms with E-state index in [4.69, 9.17) is 4.74 Å². The second kappa shape index (κ2) is 5.98. The van der Waals surface area contributed by atoms with Crippen molar-refractivity contribution in [2.75, 3.05) is 6.54 Å². The molecule has 1 spiro atoms. The number of urea groups is 1. The average Bonchev–Trinajstić information content (AvgIpc) is 3.07. The average molecular weight is 320 g/mol. The van der Waals surface area contributed by atoms with Crippen molar-refractivity contribution in [2.45, 2.75) is 37.8 Å². The standard InChI is InChI=1S/C16H17FN2O4/c17-12-5-3-4-11(8-12)10-23-13(20)9-19-14(21)16(18-15(19)22)6-1-2-7-16/h3-5,8H,1-2,6-7,9-10H2,(H,18,22). The van der Waals surface area contributed by atoms with Gasteiger partial charge in [0.25, 0.3) is 5.91 Å². The first-order chi connectivity index (χ1) is 11.0. The monoisotopic (exact) mass is 320 g/mol. The fourth-order valence-electron chi connectivity index (χ4n) is 3.10. The highest BCUT2D eigenvalue weighted by Gasteiger charge is 2.52. The first-order valence-corrected chi connectivity index (χ1v) is 7.54. The molecule has 23 heavy (non-hydrogen) atoms. The molecule has 2 aliphatic rings. The number of nitrogens with zero attached hydrogens (tertiary/aromatic N) is 1. The summed E-state index contributed by atoms with van der Waals surface area (Å²) in [6.45, 7) is -0.535. The van der Waals surface area contributed by atoms with E-state index in [-0.39, 0.29) is 12.5 Å². The number of esters is 1. The number of ether oxygens (including phenoxy) is 1. The highest BCUT2D eigenvalue weighted by atomic mass is 19.1. The summed E-state index contributed by atoms with van der Waals surface area (Å²) in [5, 5.41) is 2.70. The van der Waals surface area contributed by atoms with Crippen LogP contribution < -0.4 is 5.32 Å². The van der Waals surface area contributed by atoms with Gasteiger partial charge in [0, 0.05) is 0 Å². The highest BCUT2D eigenvalue weighted by Crippen LogP contribution is 2.34. The lowest BCUT2D eigenvalue weighted by Crippen LogP contribution is -2.44. The molecule has 122 valence electrons. The number of hydrogen-bond donors (Lipinski definition) is 1. The third-order valence-electron chi connectivity index (χ3n) is 4.28. The van der Waals surface area contributed by atoms with Crippen molar-refractivity contribution in [3.05, 3.63) is 35.6 Å². The number of halogens is 1. The lowest BCUT2D eigenvalue weighted by molar-refractivity contribution is -0.148. The molecule has 3 rings (SSSR count). The summed E-state index contributed by atoms with van der Waals surface area (Å²) in [6.07, 6.45) is 2.96. The third-order valence-corrected chi connectivity index (χ3v) is 4.28. The Bertz CT molecular complexity index is 655. The maximum atomic E-state index is 13.0. The zero-order valence-electron chi connectivity index (χ0n) is 12.5. The molecule has 0 aromatic heterocycles. The molecule has 1 aromatic carbocycles. The summed E-state index contributed by atoms with van der Waals surface area (Å²) in [5.41, 5.74) is -0.331. The molecule has 3 amide bonds. The van der Waals surface area contributed by atoms with Crippen molar-refractivity contribution in [3.63, 3.8) is 0 Å². The minimum atomic E-state index is -0.833. The molecule has 1 aliphatic heterocycles. The fraction of sp³-hybridized carbons (Fsp3) is 0.438. The zero-order valence-corrected chi connectivity index (χ0v) is 12.5. The maximum absolute atomic E-state index is 13.0. The van der Waals surface area contributed by atoms with E-state index in [1.807, 2.05) is 0 Å². The maximum Gasteiger partial charge on any atom is 0.326 e. The van der Waals surface area contributed by atoms with Gasteiger partial charge in [-0.15, -0.1) is 0 Å². The first kappa shape index (κ1) is 15.5. The molecule has 1 heterocycles. The Balaban J connectivity index is 1.57. The van der Waals surface area contributed by atoms with E-state index in [0.717, 1.165) is 17.7 Å². The zero-order chi connectivity index (χ0) is 16.4. The largest absolute Gasteiger partial charge is 0.459 e. The smallest absolute Gasteiger partial charge is 0.326 e. The van der Waals surface area contributed by atoms with Gasteiger partial charge >= 0.3 is 12.0 Å². The third kappa shape index (κ3) is 3.04. The second-order valence-corrected chi connectivity index (χ2v) is 5.90. The van der Waals surface area contributed by atoms with Crippen molar-refractivity contribution in [1.82, 2.24) is 10.2 Å². The molecular formula is C16H17FN2O4. The van der Waals surface area contributed by atoms with Gasteiger partial charge in [0.15, 0.2) is 0 Å². The van der Waals surface area contributed by atoms with E-state index in [1.165, 1.54) is 18.2 Å². The predicted octanol–water partition coefficient (Wildman–Crippen LogP) is 1.73. The number of rotatable bonds is 4. The van der Waals surface area contributed by atoms with Crippen molar-refractivity contribution in [1.29, 1.82) is 0 Å². The minimum absolute atomic E-state index is 0.106.